The fourth-order valence-corrected chi connectivity index (χ4v) is 2.05. The van der Waals surface area contributed by atoms with Crippen LogP contribution in [0.5, 0.6) is 11.5 Å². The topological polar surface area (TPSA) is 78.4 Å². The molecular formula is C13H11BrN2O3. The molecule has 0 fully saturated rings. The van der Waals surface area contributed by atoms with Crippen LogP contribution < -0.4 is 10.5 Å². The molecule has 2 N–H and O–H groups in total. The van der Waals surface area contributed by atoms with Gasteiger partial charge < -0.3 is 10.5 Å². The summed E-state index contributed by atoms with van der Waals surface area (Å²) in [6.45, 7) is 0.443. The highest BCUT2D eigenvalue weighted by atomic mass is 79.9. The highest BCUT2D eigenvalue weighted by Gasteiger charge is 2.06. The lowest BCUT2D eigenvalue weighted by molar-refractivity contribution is -0.384. The van der Waals surface area contributed by atoms with Crippen molar-refractivity contribution in [3.63, 3.8) is 0 Å². The zero-order chi connectivity index (χ0) is 13.8. The number of benzene rings is 2. The molecule has 2 aromatic carbocycles. The van der Waals surface area contributed by atoms with Gasteiger partial charge in [-0.25, -0.2) is 0 Å². The molecule has 2 rings (SSSR count). The quantitative estimate of drug-likeness (QED) is 0.689. The highest BCUT2D eigenvalue weighted by Crippen LogP contribution is 2.27. The second-order valence-electron chi connectivity index (χ2n) is 3.81. The van der Waals surface area contributed by atoms with E-state index in [1.54, 1.807) is 18.2 Å². The Bertz CT molecular complexity index is 599. The maximum absolute atomic E-state index is 10.5. The number of halogens is 1. The third-order valence-electron chi connectivity index (χ3n) is 2.53. The minimum absolute atomic E-state index is 0.0343. The normalized spacial score (nSPS) is 10.2. The Morgan fingerprint density at radius 2 is 1.79 bits per heavy atom. The lowest BCUT2D eigenvalue weighted by atomic mass is 10.2. The third kappa shape index (κ3) is 3.30. The van der Waals surface area contributed by atoms with Crippen LogP contribution >= 0.6 is 15.9 Å². The molecule has 5 nitrogen and oxygen atoms in total. The summed E-state index contributed by atoms with van der Waals surface area (Å²) < 4.78 is 6.47. The summed E-state index contributed by atoms with van der Waals surface area (Å²) in [5.74, 6) is 1.18. The standard InChI is InChI=1S/C13H11BrN2O3/c14-13-7-12(4-1-9(13)8-15)19-11-5-2-10(3-6-11)16(17)18/h1-7H,8,15H2. The lowest BCUT2D eigenvalue weighted by Crippen LogP contribution is -1.97. The van der Waals surface area contributed by atoms with E-state index in [2.05, 4.69) is 15.9 Å². The van der Waals surface area contributed by atoms with Crippen LogP contribution in [0.1, 0.15) is 5.56 Å². The number of hydrogen-bond acceptors (Lipinski definition) is 4. The Morgan fingerprint density at radius 1 is 1.16 bits per heavy atom. The molecule has 0 saturated carbocycles. The van der Waals surface area contributed by atoms with E-state index in [1.807, 2.05) is 12.1 Å². The molecule has 0 unspecified atom stereocenters. The summed E-state index contributed by atoms with van der Waals surface area (Å²) in [6.07, 6.45) is 0. The van der Waals surface area contributed by atoms with E-state index in [0.717, 1.165) is 10.0 Å². The van der Waals surface area contributed by atoms with E-state index in [0.29, 0.717) is 18.0 Å². The number of ether oxygens (including phenoxy) is 1. The number of rotatable bonds is 4. The van der Waals surface area contributed by atoms with Crippen molar-refractivity contribution in [1.82, 2.24) is 0 Å². The van der Waals surface area contributed by atoms with Crippen molar-refractivity contribution in [2.75, 3.05) is 0 Å². The van der Waals surface area contributed by atoms with Crippen LogP contribution in [-0.4, -0.2) is 4.92 Å². The van der Waals surface area contributed by atoms with Gasteiger partial charge in [0.15, 0.2) is 0 Å². The maximum atomic E-state index is 10.5. The van der Waals surface area contributed by atoms with Crippen molar-refractivity contribution in [1.29, 1.82) is 0 Å². The predicted molar refractivity (Wildman–Crippen MR) is 75.2 cm³/mol. The summed E-state index contributed by atoms with van der Waals surface area (Å²) in [5.41, 5.74) is 6.58. The van der Waals surface area contributed by atoms with Gasteiger partial charge in [-0.15, -0.1) is 0 Å². The molecule has 0 atom stereocenters. The van der Waals surface area contributed by atoms with E-state index in [9.17, 15) is 10.1 Å². The van der Waals surface area contributed by atoms with Crippen LogP contribution in [0.25, 0.3) is 0 Å². The maximum Gasteiger partial charge on any atom is 0.269 e. The highest BCUT2D eigenvalue weighted by molar-refractivity contribution is 9.10. The van der Waals surface area contributed by atoms with E-state index in [4.69, 9.17) is 10.5 Å². The van der Waals surface area contributed by atoms with E-state index < -0.39 is 4.92 Å². The van der Waals surface area contributed by atoms with Crippen LogP contribution in [0.15, 0.2) is 46.9 Å². The van der Waals surface area contributed by atoms with E-state index >= 15 is 0 Å². The smallest absolute Gasteiger partial charge is 0.269 e. The average Bonchev–Trinajstić information content (AvgIpc) is 2.39. The molecule has 2 aromatic rings. The molecule has 0 aliphatic carbocycles. The van der Waals surface area contributed by atoms with E-state index in [-0.39, 0.29) is 5.69 Å². The molecule has 0 spiro atoms. The first-order valence-corrected chi connectivity index (χ1v) is 6.30. The van der Waals surface area contributed by atoms with Gasteiger partial charge in [-0.05, 0) is 29.8 Å². The van der Waals surface area contributed by atoms with Gasteiger partial charge in [0.2, 0.25) is 0 Å². The minimum Gasteiger partial charge on any atom is -0.457 e. The first-order valence-electron chi connectivity index (χ1n) is 5.51. The van der Waals surface area contributed by atoms with Gasteiger partial charge in [0, 0.05) is 23.2 Å². The molecular weight excluding hydrogens is 312 g/mol. The van der Waals surface area contributed by atoms with Crippen LogP contribution in [-0.2, 0) is 6.54 Å². The van der Waals surface area contributed by atoms with Crippen molar-refractivity contribution in [3.05, 3.63) is 62.6 Å². The summed E-state index contributed by atoms with van der Waals surface area (Å²) >= 11 is 3.40. The van der Waals surface area contributed by atoms with Crippen LogP contribution in [0.3, 0.4) is 0 Å². The molecule has 0 aliphatic heterocycles. The number of non-ortho nitro benzene ring substituents is 1. The molecule has 0 radical (unpaired) electrons. The molecule has 0 aromatic heterocycles. The minimum atomic E-state index is -0.448. The lowest BCUT2D eigenvalue weighted by Gasteiger charge is -2.07. The number of nitrogens with zero attached hydrogens (tertiary/aromatic N) is 1. The van der Waals surface area contributed by atoms with Crippen molar-refractivity contribution >= 4 is 21.6 Å². The van der Waals surface area contributed by atoms with Crippen LogP contribution in [0.4, 0.5) is 5.69 Å². The van der Waals surface area contributed by atoms with Gasteiger partial charge in [0.25, 0.3) is 5.69 Å². The second kappa shape index (κ2) is 5.81. The zero-order valence-corrected chi connectivity index (χ0v) is 11.5. The molecule has 0 amide bonds. The Morgan fingerprint density at radius 3 is 2.32 bits per heavy atom. The Balaban J connectivity index is 2.16. The fraction of sp³-hybridized carbons (Fsp3) is 0.0769. The Labute approximate surface area is 118 Å². The largest absolute Gasteiger partial charge is 0.457 e. The number of nitro groups is 1. The monoisotopic (exact) mass is 322 g/mol. The van der Waals surface area contributed by atoms with Crippen LogP contribution in [0.2, 0.25) is 0 Å². The summed E-state index contributed by atoms with van der Waals surface area (Å²) in [7, 11) is 0. The number of nitro benzene ring substituents is 1. The van der Waals surface area contributed by atoms with Gasteiger partial charge in [-0.3, -0.25) is 10.1 Å². The molecule has 6 heteroatoms. The number of nitrogens with two attached hydrogens (primary N) is 1. The summed E-state index contributed by atoms with van der Waals surface area (Å²) in [4.78, 5) is 10.1. The van der Waals surface area contributed by atoms with Gasteiger partial charge >= 0.3 is 0 Å². The molecule has 0 bridgehead atoms. The van der Waals surface area contributed by atoms with Gasteiger partial charge in [0.1, 0.15) is 11.5 Å². The van der Waals surface area contributed by atoms with Gasteiger partial charge in [-0.1, -0.05) is 22.0 Å². The van der Waals surface area contributed by atoms with Crippen LogP contribution in [0, 0.1) is 10.1 Å². The Hall–Kier alpha value is -1.92. The van der Waals surface area contributed by atoms with Crippen molar-refractivity contribution in [2.24, 2.45) is 5.73 Å². The summed E-state index contributed by atoms with van der Waals surface area (Å²) in [6, 6.07) is 11.4. The molecule has 0 saturated heterocycles. The number of hydrogen-bond donors (Lipinski definition) is 1. The van der Waals surface area contributed by atoms with Crippen molar-refractivity contribution in [2.45, 2.75) is 6.54 Å². The SMILES string of the molecule is NCc1ccc(Oc2ccc([N+](=O)[O-])cc2)cc1Br. The second-order valence-corrected chi connectivity index (χ2v) is 4.66. The summed E-state index contributed by atoms with van der Waals surface area (Å²) in [5, 5.41) is 10.5. The third-order valence-corrected chi connectivity index (χ3v) is 3.27. The average molecular weight is 323 g/mol. The first-order chi connectivity index (χ1) is 9.10. The zero-order valence-electron chi connectivity index (χ0n) is 9.88. The molecule has 19 heavy (non-hydrogen) atoms. The van der Waals surface area contributed by atoms with Crippen molar-refractivity contribution < 1.29 is 9.66 Å². The van der Waals surface area contributed by atoms with E-state index in [1.165, 1.54) is 12.1 Å². The molecule has 98 valence electrons. The molecule has 0 heterocycles. The van der Waals surface area contributed by atoms with Crippen molar-refractivity contribution in [3.8, 4) is 11.5 Å². The predicted octanol–water partition coefficient (Wildman–Crippen LogP) is 3.61. The Kier molecular flexibility index (Phi) is 4.13. The fourth-order valence-electron chi connectivity index (χ4n) is 1.53. The van der Waals surface area contributed by atoms with Gasteiger partial charge in [-0.2, -0.15) is 0 Å². The molecule has 0 aliphatic rings. The first kappa shape index (κ1) is 13.5. The van der Waals surface area contributed by atoms with Gasteiger partial charge in [0.05, 0.1) is 4.92 Å².